The van der Waals surface area contributed by atoms with Crippen LogP contribution < -0.4 is 4.72 Å². The van der Waals surface area contributed by atoms with Gasteiger partial charge in [0, 0.05) is 23.6 Å². The molecule has 0 aliphatic carbocycles. The second-order valence-corrected chi connectivity index (χ2v) is 7.20. The summed E-state index contributed by atoms with van der Waals surface area (Å²) in [6, 6.07) is 7.08. The average molecular weight is 344 g/mol. The van der Waals surface area contributed by atoms with E-state index in [4.69, 9.17) is 16.1 Å². The smallest absolute Gasteiger partial charge is 0.228 e. The Kier molecular flexibility index (Phi) is 5.93. The van der Waals surface area contributed by atoms with Gasteiger partial charge in [-0.15, -0.1) is 0 Å². The number of hydrogen-bond acceptors (Lipinski definition) is 5. The molecule has 1 aromatic heterocycles. The Labute approximate surface area is 134 Å². The van der Waals surface area contributed by atoms with Gasteiger partial charge in [0.2, 0.25) is 21.7 Å². The van der Waals surface area contributed by atoms with Crippen molar-refractivity contribution in [2.45, 2.75) is 26.2 Å². The van der Waals surface area contributed by atoms with Gasteiger partial charge in [0.25, 0.3) is 0 Å². The number of nitrogens with one attached hydrogen (secondary N) is 1. The second kappa shape index (κ2) is 7.71. The van der Waals surface area contributed by atoms with Crippen molar-refractivity contribution >= 4 is 21.6 Å². The lowest BCUT2D eigenvalue weighted by Gasteiger charge is -2.03. The Morgan fingerprint density at radius 2 is 2.00 bits per heavy atom. The van der Waals surface area contributed by atoms with E-state index in [1.165, 1.54) is 0 Å². The number of hydrogen-bond donors (Lipinski definition) is 1. The van der Waals surface area contributed by atoms with Crippen molar-refractivity contribution in [3.63, 3.8) is 0 Å². The third-order valence-corrected chi connectivity index (χ3v) is 4.72. The first-order valence-corrected chi connectivity index (χ1v) is 9.09. The van der Waals surface area contributed by atoms with Crippen LogP contribution in [-0.4, -0.2) is 30.9 Å². The van der Waals surface area contributed by atoms with Crippen molar-refractivity contribution in [3.05, 3.63) is 35.2 Å². The van der Waals surface area contributed by atoms with Crippen LogP contribution in [-0.2, 0) is 16.4 Å². The SMILES string of the molecule is CCCCS(=O)(=O)NCCc1nc(-c2ccc(Cl)cc2)no1. The number of rotatable bonds is 8. The first-order chi connectivity index (χ1) is 10.5. The van der Waals surface area contributed by atoms with Crippen LogP contribution in [0, 0.1) is 0 Å². The van der Waals surface area contributed by atoms with Gasteiger partial charge in [0.15, 0.2) is 0 Å². The summed E-state index contributed by atoms with van der Waals surface area (Å²) in [4.78, 5) is 4.24. The molecule has 0 saturated carbocycles. The van der Waals surface area contributed by atoms with Gasteiger partial charge in [-0.05, 0) is 30.7 Å². The zero-order valence-corrected chi connectivity index (χ0v) is 13.8. The Bertz CT molecular complexity index is 698. The lowest BCUT2D eigenvalue weighted by Crippen LogP contribution is -2.28. The van der Waals surface area contributed by atoms with Crippen LogP contribution in [0.2, 0.25) is 5.02 Å². The van der Waals surface area contributed by atoms with Crippen LogP contribution in [0.3, 0.4) is 0 Å². The molecule has 120 valence electrons. The summed E-state index contributed by atoms with van der Waals surface area (Å²) >= 11 is 5.82. The number of sulfonamides is 1. The first-order valence-electron chi connectivity index (χ1n) is 7.06. The fourth-order valence-corrected chi connectivity index (χ4v) is 3.14. The fourth-order valence-electron chi connectivity index (χ4n) is 1.79. The average Bonchev–Trinajstić information content (AvgIpc) is 2.94. The summed E-state index contributed by atoms with van der Waals surface area (Å²) < 4.78 is 30.9. The van der Waals surface area contributed by atoms with Crippen LogP contribution in [0.15, 0.2) is 28.8 Å². The quantitative estimate of drug-likeness (QED) is 0.796. The van der Waals surface area contributed by atoms with Gasteiger partial charge in [-0.2, -0.15) is 4.98 Å². The van der Waals surface area contributed by atoms with Crippen molar-refractivity contribution < 1.29 is 12.9 Å². The van der Waals surface area contributed by atoms with Gasteiger partial charge in [0.1, 0.15) is 0 Å². The third-order valence-electron chi connectivity index (χ3n) is 3.00. The Morgan fingerprint density at radius 1 is 1.27 bits per heavy atom. The minimum absolute atomic E-state index is 0.142. The molecular formula is C14H18ClN3O3S. The Hall–Kier alpha value is -1.44. The molecule has 0 unspecified atom stereocenters. The molecule has 0 spiro atoms. The third kappa shape index (κ3) is 5.08. The Morgan fingerprint density at radius 3 is 2.68 bits per heavy atom. The van der Waals surface area contributed by atoms with Crippen molar-refractivity contribution in [3.8, 4) is 11.4 Å². The standard InChI is InChI=1S/C14H18ClN3O3S/c1-2-3-10-22(19,20)16-9-8-13-17-14(18-21-13)11-4-6-12(15)7-5-11/h4-7,16H,2-3,8-10H2,1H3. The maximum absolute atomic E-state index is 11.6. The molecule has 0 radical (unpaired) electrons. The minimum atomic E-state index is -3.22. The highest BCUT2D eigenvalue weighted by Gasteiger charge is 2.11. The molecule has 0 atom stereocenters. The molecule has 0 saturated heterocycles. The van der Waals surface area contributed by atoms with E-state index in [1.54, 1.807) is 24.3 Å². The molecule has 0 amide bonds. The molecule has 22 heavy (non-hydrogen) atoms. The summed E-state index contributed by atoms with van der Waals surface area (Å²) in [6.07, 6.45) is 1.84. The molecule has 6 nitrogen and oxygen atoms in total. The van der Waals surface area contributed by atoms with Crippen LogP contribution in [0.4, 0.5) is 0 Å². The lowest BCUT2D eigenvalue weighted by atomic mass is 10.2. The summed E-state index contributed by atoms with van der Waals surface area (Å²) in [6.45, 7) is 2.19. The highest BCUT2D eigenvalue weighted by Crippen LogP contribution is 2.18. The molecule has 0 bridgehead atoms. The largest absolute Gasteiger partial charge is 0.339 e. The van der Waals surface area contributed by atoms with Gasteiger partial charge >= 0.3 is 0 Å². The highest BCUT2D eigenvalue weighted by atomic mass is 35.5. The van der Waals surface area contributed by atoms with E-state index in [9.17, 15) is 8.42 Å². The number of aromatic nitrogens is 2. The van der Waals surface area contributed by atoms with Crippen molar-refractivity contribution in [2.24, 2.45) is 0 Å². The predicted octanol–water partition coefficient (Wildman–Crippen LogP) is 2.65. The van der Waals surface area contributed by atoms with E-state index in [2.05, 4.69) is 14.9 Å². The summed E-state index contributed by atoms with van der Waals surface area (Å²) in [5, 5.41) is 4.51. The van der Waals surface area contributed by atoms with E-state index in [1.807, 2.05) is 6.92 Å². The normalized spacial score (nSPS) is 11.7. The molecule has 2 aromatic rings. The van der Waals surface area contributed by atoms with Crippen LogP contribution >= 0.6 is 11.6 Å². The van der Waals surface area contributed by atoms with Crippen molar-refractivity contribution in [2.75, 3.05) is 12.3 Å². The maximum Gasteiger partial charge on any atom is 0.228 e. The molecule has 1 heterocycles. The van der Waals surface area contributed by atoms with Crippen molar-refractivity contribution in [1.29, 1.82) is 0 Å². The monoisotopic (exact) mass is 343 g/mol. The zero-order valence-electron chi connectivity index (χ0n) is 12.3. The first kappa shape index (κ1) is 16.9. The van der Waals surface area contributed by atoms with Crippen LogP contribution in [0.1, 0.15) is 25.7 Å². The molecule has 0 aliphatic heterocycles. The topological polar surface area (TPSA) is 85.1 Å². The minimum Gasteiger partial charge on any atom is -0.339 e. The van der Waals surface area contributed by atoms with Crippen LogP contribution in [0.5, 0.6) is 0 Å². The zero-order chi connectivity index (χ0) is 16.0. The number of nitrogens with zero attached hydrogens (tertiary/aromatic N) is 2. The molecule has 1 N–H and O–H groups in total. The summed E-state index contributed by atoms with van der Waals surface area (Å²) in [5.41, 5.74) is 0.794. The molecule has 0 fully saturated rings. The molecule has 2 rings (SSSR count). The van der Waals surface area contributed by atoms with Gasteiger partial charge in [-0.25, -0.2) is 13.1 Å². The predicted molar refractivity (Wildman–Crippen MR) is 85.1 cm³/mol. The van der Waals surface area contributed by atoms with E-state index in [0.717, 1.165) is 12.0 Å². The summed E-state index contributed by atoms with van der Waals surface area (Å²) in [7, 11) is -3.22. The molecule has 0 aliphatic rings. The number of unbranched alkanes of at least 4 members (excludes halogenated alkanes) is 1. The highest BCUT2D eigenvalue weighted by molar-refractivity contribution is 7.89. The van der Waals surface area contributed by atoms with E-state index in [-0.39, 0.29) is 12.3 Å². The summed E-state index contributed by atoms with van der Waals surface area (Å²) in [5.74, 6) is 0.993. The van der Waals surface area contributed by atoms with Gasteiger partial charge in [-0.3, -0.25) is 0 Å². The number of benzene rings is 1. The lowest BCUT2D eigenvalue weighted by molar-refractivity contribution is 0.379. The van der Waals surface area contributed by atoms with Gasteiger partial charge in [-0.1, -0.05) is 30.1 Å². The van der Waals surface area contributed by atoms with Gasteiger partial charge in [0.05, 0.1) is 5.75 Å². The fraction of sp³-hybridized carbons (Fsp3) is 0.429. The maximum atomic E-state index is 11.6. The molecule has 8 heteroatoms. The molecule has 1 aromatic carbocycles. The van der Waals surface area contributed by atoms with E-state index in [0.29, 0.717) is 29.6 Å². The van der Waals surface area contributed by atoms with E-state index < -0.39 is 10.0 Å². The number of halogens is 1. The van der Waals surface area contributed by atoms with E-state index >= 15 is 0 Å². The Balaban J connectivity index is 1.89. The van der Waals surface area contributed by atoms with Crippen molar-refractivity contribution in [1.82, 2.24) is 14.9 Å². The van der Waals surface area contributed by atoms with Crippen LogP contribution in [0.25, 0.3) is 11.4 Å². The molecular weight excluding hydrogens is 326 g/mol. The van der Waals surface area contributed by atoms with Gasteiger partial charge < -0.3 is 4.52 Å². The second-order valence-electron chi connectivity index (χ2n) is 4.84.